The number of rotatable bonds is 4. The lowest BCUT2D eigenvalue weighted by molar-refractivity contribution is -0.147. The number of pyridine rings is 1. The molecule has 0 bridgehead atoms. The van der Waals surface area contributed by atoms with E-state index in [9.17, 15) is 31.1 Å². The van der Waals surface area contributed by atoms with Crippen LogP contribution in [0.15, 0.2) is 12.2 Å². The summed E-state index contributed by atoms with van der Waals surface area (Å²) < 4.78 is 81.2. The zero-order chi connectivity index (χ0) is 17.5. The molecule has 2 atom stereocenters. The number of carbonyl (C=O) groups excluding carboxylic acids is 1. The summed E-state index contributed by atoms with van der Waals surface area (Å²) in [7, 11) is 0. The number of nitrogens with zero attached hydrogens (tertiary/aromatic N) is 1. The molecule has 1 saturated carbocycles. The van der Waals surface area contributed by atoms with Gasteiger partial charge in [0, 0.05) is 5.92 Å². The highest BCUT2D eigenvalue weighted by Crippen LogP contribution is 2.60. The Kier molecular flexibility index (Phi) is 4.41. The Morgan fingerprint density at radius 2 is 1.78 bits per heavy atom. The van der Waals surface area contributed by atoms with Crippen molar-refractivity contribution < 1.29 is 35.9 Å². The van der Waals surface area contributed by atoms with Crippen molar-refractivity contribution in [1.29, 1.82) is 0 Å². The lowest BCUT2D eigenvalue weighted by atomic mass is 10.1. The fourth-order valence-electron chi connectivity index (χ4n) is 2.43. The third-order valence-corrected chi connectivity index (χ3v) is 3.87. The zero-order valence-electron chi connectivity index (χ0n) is 12.0. The number of hydrogen-bond acceptors (Lipinski definition) is 3. The molecule has 0 amide bonds. The normalized spacial score (nSPS) is 21.7. The van der Waals surface area contributed by atoms with Crippen LogP contribution < -0.4 is 0 Å². The third kappa shape index (κ3) is 3.18. The lowest BCUT2D eigenvalue weighted by Gasteiger charge is -2.07. The van der Waals surface area contributed by atoms with Gasteiger partial charge in [0.15, 0.2) is 5.82 Å². The molecule has 126 valence electrons. The van der Waals surface area contributed by atoms with Crippen LogP contribution in [-0.2, 0) is 16.1 Å². The molecule has 0 aliphatic heterocycles. The minimum Gasteiger partial charge on any atom is -0.459 e. The molecule has 1 aromatic heterocycles. The van der Waals surface area contributed by atoms with Gasteiger partial charge in [-0.1, -0.05) is 13.8 Å². The Balaban J connectivity index is 2.08. The van der Waals surface area contributed by atoms with E-state index in [1.807, 2.05) is 0 Å². The number of allylic oxidation sites excluding steroid dienone is 1. The van der Waals surface area contributed by atoms with Gasteiger partial charge < -0.3 is 4.74 Å². The summed E-state index contributed by atoms with van der Waals surface area (Å²) in [5.41, 5.74) is -1.72. The molecule has 1 aliphatic carbocycles. The van der Waals surface area contributed by atoms with E-state index in [1.165, 1.54) is 0 Å². The molecule has 1 heterocycles. The van der Waals surface area contributed by atoms with E-state index >= 15 is 0 Å². The van der Waals surface area contributed by atoms with Crippen molar-refractivity contribution in [2.45, 2.75) is 20.5 Å². The maximum atomic E-state index is 13.4. The molecule has 0 spiro atoms. The first kappa shape index (κ1) is 17.3. The number of carbonyl (C=O) groups is 1. The van der Waals surface area contributed by atoms with Gasteiger partial charge in [0.25, 0.3) is 12.0 Å². The van der Waals surface area contributed by atoms with Gasteiger partial charge >= 0.3 is 5.97 Å². The summed E-state index contributed by atoms with van der Waals surface area (Å²) in [6.07, 6.45) is -1.34. The van der Waals surface area contributed by atoms with Gasteiger partial charge in [-0.25, -0.2) is 13.8 Å². The highest BCUT2D eigenvalue weighted by atomic mass is 19.3. The van der Waals surface area contributed by atoms with E-state index in [0.717, 1.165) is 0 Å². The smallest absolute Gasteiger partial charge is 0.310 e. The maximum absolute atomic E-state index is 13.4. The van der Waals surface area contributed by atoms with Gasteiger partial charge in [0.1, 0.15) is 12.3 Å². The first-order valence-electron chi connectivity index (χ1n) is 6.45. The van der Waals surface area contributed by atoms with Crippen LogP contribution in [0, 0.1) is 40.7 Å². The summed E-state index contributed by atoms with van der Waals surface area (Å²) in [5, 5.41) is 0. The number of hydrogen-bond donors (Lipinski definition) is 0. The molecule has 3 nitrogen and oxygen atoms in total. The first-order valence-corrected chi connectivity index (χ1v) is 6.45. The van der Waals surface area contributed by atoms with E-state index in [0.29, 0.717) is 6.08 Å². The molecule has 2 rings (SSSR count). The van der Waals surface area contributed by atoms with Crippen molar-refractivity contribution in [3.8, 4) is 0 Å². The molecule has 1 fully saturated rings. The SMILES string of the molecule is CC1(C)[C@H](C=C(F)F)[C@H]1C(=O)OCc1nc(F)c(F)c(F)c1F. The lowest BCUT2D eigenvalue weighted by Crippen LogP contribution is -2.14. The molecule has 0 unspecified atom stereocenters. The average molecular weight is 339 g/mol. The van der Waals surface area contributed by atoms with Gasteiger partial charge in [-0.05, 0) is 11.5 Å². The van der Waals surface area contributed by atoms with Crippen molar-refractivity contribution in [3.05, 3.63) is 41.2 Å². The summed E-state index contributed by atoms with van der Waals surface area (Å²) >= 11 is 0. The molecule has 0 N–H and O–H groups in total. The second-order valence-electron chi connectivity index (χ2n) is 5.68. The summed E-state index contributed by atoms with van der Waals surface area (Å²) in [6.45, 7) is 2.16. The van der Waals surface area contributed by atoms with E-state index in [4.69, 9.17) is 0 Å². The van der Waals surface area contributed by atoms with Crippen LogP contribution in [0.25, 0.3) is 0 Å². The van der Waals surface area contributed by atoms with Crippen molar-refractivity contribution in [2.24, 2.45) is 17.3 Å². The van der Waals surface area contributed by atoms with E-state index in [2.05, 4.69) is 9.72 Å². The third-order valence-electron chi connectivity index (χ3n) is 3.87. The van der Waals surface area contributed by atoms with Crippen LogP contribution in [0.5, 0.6) is 0 Å². The minimum absolute atomic E-state index is 0.613. The Bertz CT molecular complexity index is 684. The Hall–Kier alpha value is -2.06. The zero-order valence-corrected chi connectivity index (χ0v) is 12.0. The number of halogens is 6. The van der Waals surface area contributed by atoms with E-state index < -0.39 is 65.0 Å². The van der Waals surface area contributed by atoms with Crippen LogP contribution in [-0.4, -0.2) is 11.0 Å². The van der Waals surface area contributed by atoms with Crippen LogP contribution in [0.2, 0.25) is 0 Å². The maximum Gasteiger partial charge on any atom is 0.310 e. The van der Waals surface area contributed by atoms with Gasteiger partial charge in [0.2, 0.25) is 11.6 Å². The molecule has 1 aromatic rings. The standard InChI is InChI=1S/C14H11F6NO2/c1-14(2)5(3-7(15)16)8(14)13(22)23-4-6-9(17)10(18)11(19)12(20)21-6/h3,5,8H,4H2,1-2H3/t5-,8+/m1/s1. The predicted octanol–water partition coefficient (Wildman–Crippen LogP) is 3.73. The van der Waals surface area contributed by atoms with Crippen LogP contribution in [0.3, 0.4) is 0 Å². The monoisotopic (exact) mass is 339 g/mol. The fraction of sp³-hybridized carbons (Fsp3) is 0.429. The fourth-order valence-corrected chi connectivity index (χ4v) is 2.43. The van der Waals surface area contributed by atoms with Gasteiger partial charge in [-0.2, -0.15) is 17.6 Å². The molecule has 23 heavy (non-hydrogen) atoms. The quantitative estimate of drug-likeness (QED) is 0.477. The van der Waals surface area contributed by atoms with E-state index in [1.54, 1.807) is 13.8 Å². The Morgan fingerprint density at radius 1 is 1.17 bits per heavy atom. The summed E-state index contributed by atoms with van der Waals surface area (Å²) in [6, 6.07) is 0. The Labute approximate surface area is 127 Å². The molecule has 9 heteroatoms. The molecule has 0 saturated heterocycles. The number of esters is 1. The van der Waals surface area contributed by atoms with E-state index in [-0.39, 0.29) is 0 Å². The second kappa shape index (κ2) is 5.86. The Morgan fingerprint density at radius 3 is 2.35 bits per heavy atom. The van der Waals surface area contributed by atoms with Crippen molar-refractivity contribution in [1.82, 2.24) is 4.98 Å². The van der Waals surface area contributed by atoms with Crippen molar-refractivity contribution in [3.63, 3.8) is 0 Å². The second-order valence-corrected chi connectivity index (χ2v) is 5.68. The van der Waals surface area contributed by atoms with Crippen molar-refractivity contribution in [2.75, 3.05) is 0 Å². The van der Waals surface area contributed by atoms with Gasteiger partial charge in [0.05, 0.1) is 5.92 Å². The molecular formula is C14H11F6NO2. The highest BCUT2D eigenvalue weighted by molar-refractivity contribution is 5.78. The topological polar surface area (TPSA) is 39.2 Å². The van der Waals surface area contributed by atoms with Crippen molar-refractivity contribution >= 4 is 5.97 Å². The highest BCUT2D eigenvalue weighted by Gasteiger charge is 2.62. The average Bonchev–Trinajstić information content (AvgIpc) is 2.99. The molecular weight excluding hydrogens is 328 g/mol. The molecule has 1 aliphatic rings. The summed E-state index contributed by atoms with van der Waals surface area (Å²) in [5.74, 6) is -10.4. The number of aromatic nitrogens is 1. The van der Waals surface area contributed by atoms with Crippen LogP contribution >= 0.6 is 0 Å². The summed E-state index contributed by atoms with van der Waals surface area (Å²) in [4.78, 5) is 14.6. The molecule has 0 aromatic carbocycles. The largest absolute Gasteiger partial charge is 0.459 e. The number of ether oxygens (including phenoxy) is 1. The first-order chi connectivity index (χ1) is 10.6. The predicted molar refractivity (Wildman–Crippen MR) is 64.9 cm³/mol. The van der Waals surface area contributed by atoms with Gasteiger partial charge in [-0.15, -0.1) is 0 Å². The van der Waals surface area contributed by atoms with Crippen LogP contribution in [0.1, 0.15) is 19.5 Å². The van der Waals surface area contributed by atoms with Crippen LogP contribution in [0.4, 0.5) is 26.3 Å². The minimum atomic E-state index is -2.08. The molecule has 0 radical (unpaired) electrons. The van der Waals surface area contributed by atoms with Gasteiger partial charge in [-0.3, -0.25) is 4.79 Å².